The summed E-state index contributed by atoms with van der Waals surface area (Å²) >= 11 is 0. The number of ether oxygens (including phenoxy) is 2. The Kier molecular flexibility index (Phi) is 19.4. The maximum atomic E-state index is 11.7. The van der Waals surface area contributed by atoms with Crippen molar-refractivity contribution < 1.29 is 24.2 Å². The van der Waals surface area contributed by atoms with Gasteiger partial charge in [-0.25, -0.2) is 0 Å². The predicted molar refractivity (Wildman–Crippen MR) is 118 cm³/mol. The molecular weight excluding hydrogens is 368 g/mol. The second-order valence-corrected chi connectivity index (χ2v) is 8.59. The first kappa shape index (κ1) is 27.9. The maximum Gasteiger partial charge on any atom is 0.305 e. The van der Waals surface area contributed by atoms with E-state index in [9.17, 15) is 14.7 Å². The molecule has 0 bridgehead atoms. The average molecular weight is 415 g/mol. The lowest BCUT2D eigenvalue weighted by Crippen LogP contribution is -2.25. The van der Waals surface area contributed by atoms with Crippen LogP contribution in [0.1, 0.15) is 117 Å². The topological polar surface area (TPSA) is 72.8 Å². The first-order chi connectivity index (χ1) is 14.0. The third-order valence-corrected chi connectivity index (χ3v) is 5.02. The van der Waals surface area contributed by atoms with Crippen molar-refractivity contribution >= 4 is 11.9 Å². The number of hydrogen-bond acceptors (Lipinski definition) is 5. The van der Waals surface area contributed by atoms with E-state index in [1.165, 1.54) is 44.9 Å². The quantitative estimate of drug-likeness (QED) is 0.196. The summed E-state index contributed by atoms with van der Waals surface area (Å²) < 4.78 is 10.1. The highest BCUT2D eigenvalue weighted by molar-refractivity contribution is 5.69. The Morgan fingerprint density at radius 3 is 1.55 bits per heavy atom. The Hall–Kier alpha value is -1.10. The largest absolute Gasteiger partial charge is 0.463 e. The van der Waals surface area contributed by atoms with E-state index in [2.05, 4.69) is 20.8 Å². The first-order valence-corrected chi connectivity index (χ1v) is 11.9. The Balaban J connectivity index is 3.47. The van der Waals surface area contributed by atoms with Gasteiger partial charge in [-0.15, -0.1) is 0 Å². The zero-order valence-electron chi connectivity index (χ0n) is 19.3. The van der Waals surface area contributed by atoms with Crippen molar-refractivity contribution in [3.05, 3.63) is 0 Å². The minimum atomic E-state index is -0.950. The smallest absolute Gasteiger partial charge is 0.305 e. The lowest BCUT2D eigenvalue weighted by atomic mass is 10.0. The molecule has 0 aromatic carbocycles. The summed E-state index contributed by atoms with van der Waals surface area (Å²) in [6.07, 6.45) is 14.7. The van der Waals surface area contributed by atoms with E-state index in [0.29, 0.717) is 12.8 Å². The summed E-state index contributed by atoms with van der Waals surface area (Å²) in [6.45, 7) is 6.46. The minimum Gasteiger partial charge on any atom is -0.463 e. The molecule has 29 heavy (non-hydrogen) atoms. The second-order valence-electron chi connectivity index (χ2n) is 8.59. The van der Waals surface area contributed by atoms with Crippen LogP contribution in [-0.2, 0) is 19.1 Å². The zero-order chi connectivity index (χ0) is 21.7. The average Bonchev–Trinajstić information content (AvgIpc) is 2.69. The van der Waals surface area contributed by atoms with Gasteiger partial charge in [0, 0.05) is 12.8 Å². The van der Waals surface area contributed by atoms with Crippen LogP contribution >= 0.6 is 0 Å². The highest BCUT2D eigenvalue weighted by Crippen LogP contribution is 2.13. The van der Waals surface area contributed by atoms with Gasteiger partial charge in [0.05, 0.1) is 0 Å². The van der Waals surface area contributed by atoms with E-state index < -0.39 is 6.10 Å². The maximum absolute atomic E-state index is 11.7. The molecule has 0 aliphatic carbocycles. The van der Waals surface area contributed by atoms with Crippen LogP contribution in [0, 0.1) is 5.92 Å². The highest BCUT2D eigenvalue weighted by Gasteiger charge is 2.12. The molecule has 0 spiro atoms. The SMILES string of the molecule is CCCCCCCC(=O)OC[C@@H](O)COC(=O)CCCCCCCCCC(C)C. The Labute approximate surface area is 178 Å². The monoisotopic (exact) mass is 414 g/mol. The molecule has 0 rings (SSSR count). The first-order valence-electron chi connectivity index (χ1n) is 11.9. The molecule has 172 valence electrons. The molecule has 0 amide bonds. The van der Waals surface area contributed by atoms with Crippen molar-refractivity contribution in [2.75, 3.05) is 13.2 Å². The van der Waals surface area contributed by atoms with E-state index in [-0.39, 0.29) is 25.2 Å². The molecule has 0 saturated carbocycles. The van der Waals surface area contributed by atoms with Crippen LogP contribution in [0.5, 0.6) is 0 Å². The van der Waals surface area contributed by atoms with Gasteiger partial charge in [-0.3, -0.25) is 9.59 Å². The van der Waals surface area contributed by atoms with E-state index in [1.807, 2.05) is 0 Å². The van der Waals surface area contributed by atoms with Gasteiger partial charge in [-0.2, -0.15) is 0 Å². The second kappa shape index (κ2) is 20.2. The van der Waals surface area contributed by atoms with Gasteiger partial charge in [0.15, 0.2) is 0 Å². The molecule has 0 aromatic rings. The van der Waals surface area contributed by atoms with Crippen molar-refractivity contribution in [3.8, 4) is 0 Å². The Bertz CT molecular complexity index is 395. The van der Waals surface area contributed by atoms with Gasteiger partial charge < -0.3 is 14.6 Å². The van der Waals surface area contributed by atoms with E-state index in [0.717, 1.165) is 44.4 Å². The van der Waals surface area contributed by atoms with Crippen LogP contribution in [-0.4, -0.2) is 36.4 Å². The summed E-state index contributed by atoms with van der Waals surface area (Å²) in [5.74, 6) is 0.214. The molecule has 0 fully saturated rings. The number of aliphatic hydroxyl groups excluding tert-OH is 1. The van der Waals surface area contributed by atoms with Crippen LogP contribution in [0.4, 0.5) is 0 Å². The molecular formula is C24H46O5. The minimum absolute atomic E-state index is 0.113. The normalized spacial score (nSPS) is 12.2. The molecule has 0 aliphatic rings. The van der Waals surface area contributed by atoms with Gasteiger partial charge >= 0.3 is 11.9 Å². The summed E-state index contributed by atoms with van der Waals surface area (Å²) in [4.78, 5) is 23.3. The summed E-state index contributed by atoms with van der Waals surface area (Å²) in [5.41, 5.74) is 0. The van der Waals surface area contributed by atoms with Crippen LogP contribution in [0.2, 0.25) is 0 Å². The number of esters is 2. The predicted octanol–water partition coefficient (Wildman–Crippen LogP) is 5.96. The number of aliphatic hydroxyl groups is 1. The molecule has 5 nitrogen and oxygen atoms in total. The van der Waals surface area contributed by atoms with Crippen molar-refractivity contribution in [2.24, 2.45) is 5.92 Å². The molecule has 0 radical (unpaired) electrons. The lowest BCUT2D eigenvalue weighted by molar-refractivity contribution is -0.152. The fourth-order valence-corrected chi connectivity index (χ4v) is 3.15. The molecule has 1 N–H and O–H groups in total. The number of hydrogen-bond donors (Lipinski definition) is 1. The van der Waals surface area contributed by atoms with Gasteiger partial charge in [0.1, 0.15) is 19.3 Å². The third-order valence-electron chi connectivity index (χ3n) is 5.02. The van der Waals surface area contributed by atoms with Crippen molar-refractivity contribution in [1.82, 2.24) is 0 Å². The Morgan fingerprint density at radius 1 is 0.690 bits per heavy atom. The summed E-state index contributed by atoms with van der Waals surface area (Å²) in [6, 6.07) is 0. The molecule has 0 heterocycles. The zero-order valence-corrected chi connectivity index (χ0v) is 19.3. The van der Waals surface area contributed by atoms with Crippen molar-refractivity contribution in [2.45, 2.75) is 123 Å². The van der Waals surface area contributed by atoms with Gasteiger partial charge in [0.25, 0.3) is 0 Å². The van der Waals surface area contributed by atoms with Gasteiger partial charge in [-0.05, 0) is 18.8 Å². The number of rotatable bonds is 20. The van der Waals surface area contributed by atoms with E-state index in [4.69, 9.17) is 9.47 Å². The Morgan fingerprint density at radius 2 is 1.10 bits per heavy atom. The molecule has 0 aliphatic heterocycles. The standard InChI is InChI=1S/C24H46O5/c1-4-5-6-10-14-17-23(26)28-19-22(25)20-29-24(27)18-15-12-9-7-8-11-13-16-21(2)3/h21-22,25H,4-20H2,1-3H3/t22-/m1/s1. The van der Waals surface area contributed by atoms with Gasteiger partial charge in [0.2, 0.25) is 0 Å². The molecule has 1 atom stereocenters. The summed E-state index contributed by atoms with van der Waals surface area (Å²) in [5, 5.41) is 9.78. The van der Waals surface area contributed by atoms with Crippen LogP contribution in [0.25, 0.3) is 0 Å². The number of carbonyl (C=O) groups is 2. The van der Waals surface area contributed by atoms with Crippen molar-refractivity contribution in [1.29, 1.82) is 0 Å². The molecule has 5 heteroatoms. The molecule has 0 unspecified atom stereocenters. The fourth-order valence-electron chi connectivity index (χ4n) is 3.15. The van der Waals surface area contributed by atoms with E-state index in [1.54, 1.807) is 0 Å². The van der Waals surface area contributed by atoms with E-state index >= 15 is 0 Å². The van der Waals surface area contributed by atoms with Crippen LogP contribution in [0.15, 0.2) is 0 Å². The number of unbranched alkanes of at least 4 members (excludes halogenated alkanes) is 10. The summed E-state index contributed by atoms with van der Waals surface area (Å²) in [7, 11) is 0. The highest BCUT2D eigenvalue weighted by atomic mass is 16.6. The van der Waals surface area contributed by atoms with Crippen LogP contribution < -0.4 is 0 Å². The van der Waals surface area contributed by atoms with Crippen molar-refractivity contribution in [3.63, 3.8) is 0 Å². The molecule has 0 saturated heterocycles. The third kappa shape index (κ3) is 21.4. The fraction of sp³-hybridized carbons (Fsp3) is 0.917. The van der Waals surface area contributed by atoms with Crippen LogP contribution in [0.3, 0.4) is 0 Å². The lowest BCUT2D eigenvalue weighted by Gasteiger charge is -2.12. The number of carbonyl (C=O) groups excluding carboxylic acids is 2. The van der Waals surface area contributed by atoms with Gasteiger partial charge in [-0.1, -0.05) is 91.4 Å². The molecule has 0 aromatic heterocycles.